The third kappa shape index (κ3) is 4.03. The van der Waals surface area contributed by atoms with Crippen LogP contribution in [0, 0.1) is 0 Å². The lowest BCUT2D eigenvalue weighted by atomic mass is 9.92. The number of quaternary nitrogens is 1. The second-order valence-electron chi connectivity index (χ2n) is 14.0. The van der Waals surface area contributed by atoms with Crippen LogP contribution in [0.25, 0.3) is 81.0 Å². The summed E-state index contributed by atoms with van der Waals surface area (Å²) in [4.78, 5) is 0. The summed E-state index contributed by atoms with van der Waals surface area (Å²) in [6.07, 6.45) is 0. The Labute approximate surface area is 306 Å². The molecule has 0 spiro atoms. The van der Waals surface area contributed by atoms with Gasteiger partial charge >= 0.3 is 0 Å². The molecular formula is C49H33N2S+. The summed E-state index contributed by atoms with van der Waals surface area (Å²) in [6.45, 7) is 0. The summed E-state index contributed by atoms with van der Waals surface area (Å²) in [5.41, 5.74) is 15.0. The van der Waals surface area contributed by atoms with Crippen LogP contribution in [0.4, 0.5) is 17.1 Å². The molecule has 11 rings (SSSR count). The summed E-state index contributed by atoms with van der Waals surface area (Å²) in [5, 5.41) is 5.19. The Kier molecular flexibility index (Phi) is 6.30. The second-order valence-corrected chi connectivity index (χ2v) is 15.0. The SMILES string of the molecule is C[N+]1(c2ccccc2)c2ccccc2-c2cc(-c3cccc(-c4cccc5c4sc4ccccc45)c3)c3c4ccccc4n(-c4ccccc4)c3c21. The highest BCUT2D eigenvalue weighted by Crippen LogP contribution is 2.61. The topological polar surface area (TPSA) is 4.93 Å². The molecule has 1 unspecified atom stereocenters. The Balaban J connectivity index is 1.27. The number of fused-ring (bicyclic) bond motifs is 10. The highest BCUT2D eigenvalue weighted by molar-refractivity contribution is 7.26. The lowest BCUT2D eigenvalue weighted by Gasteiger charge is -2.31. The first-order valence-corrected chi connectivity index (χ1v) is 18.7. The predicted octanol–water partition coefficient (Wildman–Crippen LogP) is 14.1. The normalized spacial score (nSPS) is 15.1. The Hall–Kier alpha value is -6.26. The zero-order valence-corrected chi connectivity index (χ0v) is 29.4. The van der Waals surface area contributed by atoms with E-state index in [0.717, 1.165) is 5.69 Å². The lowest BCUT2D eigenvalue weighted by Crippen LogP contribution is -2.32. The van der Waals surface area contributed by atoms with E-state index in [1.54, 1.807) is 0 Å². The average molecular weight is 682 g/mol. The molecule has 244 valence electrons. The number of thiophene rings is 1. The molecule has 3 heterocycles. The van der Waals surface area contributed by atoms with Crippen LogP contribution in [-0.4, -0.2) is 11.6 Å². The first kappa shape index (κ1) is 29.5. The van der Waals surface area contributed by atoms with Crippen molar-refractivity contribution in [3.63, 3.8) is 0 Å². The van der Waals surface area contributed by atoms with Crippen molar-refractivity contribution in [2.75, 3.05) is 7.05 Å². The molecule has 1 aliphatic heterocycles. The van der Waals surface area contributed by atoms with Crippen LogP contribution < -0.4 is 4.48 Å². The van der Waals surface area contributed by atoms with Crippen molar-refractivity contribution >= 4 is 70.4 Å². The van der Waals surface area contributed by atoms with Gasteiger partial charge in [0.2, 0.25) is 0 Å². The average Bonchev–Trinajstić information content (AvgIpc) is 3.85. The smallest absolute Gasteiger partial charge is 0.176 e. The van der Waals surface area contributed by atoms with Crippen molar-refractivity contribution in [3.8, 4) is 39.1 Å². The molecule has 52 heavy (non-hydrogen) atoms. The zero-order chi connectivity index (χ0) is 34.4. The van der Waals surface area contributed by atoms with Crippen LogP contribution in [0.2, 0.25) is 0 Å². The van der Waals surface area contributed by atoms with Gasteiger partial charge in [-0.2, -0.15) is 0 Å². The van der Waals surface area contributed by atoms with Crippen molar-refractivity contribution in [2.45, 2.75) is 0 Å². The summed E-state index contributed by atoms with van der Waals surface area (Å²) in [7, 11) is 2.37. The van der Waals surface area contributed by atoms with Gasteiger partial charge in [0.1, 0.15) is 11.2 Å². The van der Waals surface area contributed by atoms with Crippen LogP contribution in [0.5, 0.6) is 0 Å². The fourth-order valence-electron chi connectivity index (χ4n) is 8.92. The van der Waals surface area contributed by atoms with E-state index in [1.807, 2.05) is 11.3 Å². The number of benzene rings is 8. The van der Waals surface area contributed by atoms with E-state index in [1.165, 1.54) is 92.4 Å². The van der Waals surface area contributed by atoms with E-state index in [0.29, 0.717) is 4.48 Å². The quantitative estimate of drug-likeness (QED) is 0.163. The van der Waals surface area contributed by atoms with Gasteiger partial charge in [-0.3, -0.25) is 0 Å². The number of hydrogen-bond acceptors (Lipinski definition) is 1. The molecule has 0 N–H and O–H groups in total. The van der Waals surface area contributed by atoms with Crippen LogP contribution in [0.3, 0.4) is 0 Å². The maximum Gasteiger partial charge on any atom is 0.176 e. The van der Waals surface area contributed by atoms with Crippen molar-refractivity contribution in [2.24, 2.45) is 0 Å². The molecule has 0 saturated heterocycles. The van der Waals surface area contributed by atoms with Gasteiger partial charge in [-0.15, -0.1) is 11.3 Å². The molecule has 2 aromatic heterocycles. The highest BCUT2D eigenvalue weighted by Gasteiger charge is 2.46. The first-order valence-electron chi connectivity index (χ1n) is 17.9. The van der Waals surface area contributed by atoms with E-state index in [4.69, 9.17) is 0 Å². The molecule has 0 aliphatic carbocycles. The minimum Gasteiger partial charge on any atom is -0.304 e. The molecule has 0 saturated carbocycles. The van der Waals surface area contributed by atoms with Gasteiger partial charge < -0.3 is 4.57 Å². The zero-order valence-electron chi connectivity index (χ0n) is 28.6. The van der Waals surface area contributed by atoms with Crippen molar-refractivity contribution < 1.29 is 0 Å². The largest absolute Gasteiger partial charge is 0.304 e. The van der Waals surface area contributed by atoms with Gasteiger partial charge in [-0.05, 0) is 76.9 Å². The Bertz CT molecular complexity index is 3030. The van der Waals surface area contributed by atoms with E-state index in [2.05, 4.69) is 194 Å². The Morgan fingerprint density at radius 1 is 0.481 bits per heavy atom. The molecule has 0 fully saturated rings. The van der Waals surface area contributed by atoms with Crippen LogP contribution in [0.1, 0.15) is 0 Å². The van der Waals surface area contributed by atoms with Crippen molar-refractivity contribution in [1.29, 1.82) is 0 Å². The van der Waals surface area contributed by atoms with Gasteiger partial charge in [-0.25, -0.2) is 4.48 Å². The monoisotopic (exact) mass is 681 g/mol. The van der Waals surface area contributed by atoms with E-state index in [9.17, 15) is 0 Å². The standard InChI is InChI=1S/C49H33N2S/c1-51(35-20-6-3-7-21-35)44-28-12-9-22-37(44)42-31-41(46-40-24-8-11-27-43(40)50(47(46)48(42)51)34-18-4-2-5-19-34)33-17-14-16-32(30-33)36-25-15-26-39-38-23-10-13-29-45(38)52-49(36)39/h2-31H,1H3/q+1. The molecule has 0 radical (unpaired) electrons. The van der Waals surface area contributed by atoms with Crippen LogP contribution >= 0.6 is 11.3 Å². The summed E-state index contributed by atoms with van der Waals surface area (Å²) >= 11 is 1.89. The van der Waals surface area contributed by atoms with E-state index in [-0.39, 0.29) is 0 Å². The molecule has 3 heteroatoms. The predicted molar refractivity (Wildman–Crippen MR) is 223 cm³/mol. The van der Waals surface area contributed by atoms with Gasteiger partial charge in [0.25, 0.3) is 0 Å². The summed E-state index contributed by atoms with van der Waals surface area (Å²) in [6, 6.07) is 67.1. The maximum atomic E-state index is 2.51. The third-order valence-corrected chi connectivity index (χ3v) is 12.4. The van der Waals surface area contributed by atoms with Crippen molar-refractivity contribution in [1.82, 2.24) is 9.05 Å². The molecular weight excluding hydrogens is 649 g/mol. The maximum absolute atomic E-state index is 2.51. The van der Waals surface area contributed by atoms with Crippen molar-refractivity contribution in [3.05, 3.63) is 182 Å². The van der Waals surface area contributed by atoms with Crippen LogP contribution in [0.15, 0.2) is 182 Å². The number of para-hydroxylation sites is 4. The van der Waals surface area contributed by atoms with E-state index >= 15 is 0 Å². The molecule has 0 bridgehead atoms. The summed E-state index contributed by atoms with van der Waals surface area (Å²) in [5.74, 6) is 0. The number of hydrogen-bond donors (Lipinski definition) is 0. The molecule has 1 atom stereocenters. The first-order chi connectivity index (χ1) is 25.7. The highest BCUT2D eigenvalue weighted by atomic mass is 32.1. The number of aromatic nitrogens is 1. The second kappa shape index (κ2) is 11.1. The molecule has 2 nitrogen and oxygen atoms in total. The summed E-state index contributed by atoms with van der Waals surface area (Å²) < 4.78 is 5.76. The lowest BCUT2D eigenvalue weighted by molar-refractivity contribution is 0.645. The number of nitrogens with zero attached hydrogens (tertiary/aromatic N) is 2. The molecule has 10 aromatic rings. The molecule has 8 aromatic carbocycles. The van der Waals surface area contributed by atoms with E-state index < -0.39 is 0 Å². The van der Waals surface area contributed by atoms with Gasteiger partial charge in [0.05, 0.1) is 18.1 Å². The Morgan fingerprint density at radius 2 is 1.12 bits per heavy atom. The van der Waals surface area contributed by atoms with Crippen LogP contribution in [-0.2, 0) is 0 Å². The van der Waals surface area contributed by atoms with Gasteiger partial charge in [0.15, 0.2) is 11.4 Å². The van der Waals surface area contributed by atoms with Gasteiger partial charge in [-0.1, -0.05) is 121 Å². The fourth-order valence-corrected chi connectivity index (χ4v) is 10.2. The Morgan fingerprint density at radius 3 is 1.96 bits per heavy atom. The molecule has 0 amide bonds. The fraction of sp³-hybridized carbons (Fsp3) is 0.0204. The minimum absolute atomic E-state index is 0.584. The molecule has 1 aliphatic rings. The minimum atomic E-state index is 0.584. The van der Waals surface area contributed by atoms with Gasteiger partial charge in [0, 0.05) is 48.3 Å². The number of rotatable bonds is 4. The third-order valence-electron chi connectivity index (χ3n) is 11.2.